The molecule has 4 aromatic rings. The third-order valence-electron chi connectivity index (χ3n) is 10.6. The van der Waals surface area contributed by atoms with E-state index in [1.807, 2.05) is 6.07 Å². The predicted molar refractivity (Wildman–Crippen MR) is 266 cm³/mol. The molecule has 2 aromatic heterocycles. The zero-order valence-electron chi connectivity index (χ0n) is 40.1. The van der Waals surface area contributed by atoms with Crippen molar-refractivity contribution >= 4 is 68.4 Å². The minimum absolute atomic E-state index is 0.0382. The number of para-hydroxylation sites is 1. The van der Waals surface area contributed by atoms with E-state index in [1.54, 1.807) is 80.5 Å². The Morgan fingerprint density at radius 1 is 0.903 bits per heavy atom. The number of Topliss-reactive ketones (excluding diaryl/α,β-unsaturated/α-hetero) is 2. The van der Waals surface area contributed by atoms with Crippen molar-refractivity contribution in [1.82, 2.24) is 34.2 Å². The lowest BCUT2D eigenvalue weighted by atomic mass is 9.98. The molecule has 72 heavy (non-hydrogen) atoms. The summed E-state index contributed by atoms with van der Waals surface area (Å²) in [6.45, 7) is 1.28. The highest BCUT2D eigenvalue weighted by Gasteiger charge is 2.56. The van der Waals surface area contributed by atoms with Gasteiger partial charge in [-0.05, 0) is 64.2 Å². The molecule has 6 rings (SSSR count). The van der Waals surface area contributed by atoms with Gasteiger partial charge in [0.2, 0.25) is 0 Å². The Hall–Kier alpha value is -4.71. The van der Waals surface area contributed by atoms with Crippen LogP contribution in [0.4, 0.5) is 20.4 Å². The van der Waals surface area contributed by atoms with E-state index in [0.29, 0.717) is 5.75 Å². The number of aliphatic hydroxyl groups excluding tert-OH is 4. The Morgan fingerprint density at radius 3 is 1.93 bits per heavy atom. The van der Waals surface area contributed by atoms with E-state index >= 15 is 4.39 Å². The molecule has 0 bridgehead atoms. The Labute approximate surface area is 419 Å². The molecule has 2 fully saturated rings. The van der Waals surface area contributed by atoms with Gasteiger partial charge in [0.15, 0.2) is 35.4 Å². The summed E-state index contributed by atoms with van der Waals surface area (Å²) in [5, 5.41) is 43.9. The van der Waals surface area contributed by atoms with E-state index in [0.717, 1.165) is 28.3 Å². The maximum atomic E-state index is 15.4. The first kappa shape index (κ1) is 59.8. The molecule has 3 unspecified atom stereocenters. The highest BCUT2D eigenvalue weighted by atomic mass is 35.7. The Bertz CT molecular complexity index is 2690. The first-order valence-corrected chi connectivity index (χ1v) is 27.8. The summed E-state index contributed by atoms with van der Waals surface area (Å²) in [7, 11) is -0.444. The number of halogens is 3. The van der Waals surface area contributed by atoms with Crippen LogP contribution in [0.25, 0.3) is 0 Å². The highest BCUT2D eigenvalue weighted by Crippen LogP contribution is 2.61. The minimum Gasteiger partial charge on any atom is -0.422 e. The van der Waals surface area contributed by atoms with E-state index in [1.165, 1.54) is 44.7 Å². The maximum absolute atomic E-state index is 15.4. The molecule has 2 aliphatic rings. The zero-order chi connectivity index (χ0) is 53.8. The zero-order valence-corrected chi connectivity index (χ0v) is 43.6. The minimum atomic E-state index is -3.65. The number of aromatic nitrogens is 4. The summed E-state index contributed by atoms with van der Waals surface area (Å²) in [5.74, 6) is -0.276. The smallest absolute Gasteiger partial charge is 0.409 e. The number of benzene rings is 2. The number of nitrogen functional groups attached to an aromatic ring is 1. The maximum Gasteiger partial charge on any atom is 0.409 e. The van der Waals surface area contributed by atoms with Gasteiger partial charge in [-0.3, -0.25) is 23.3 Å². The number of carbonyl (C=O) groups excluding carboxylic acids is 2. The van der Waals surface area contributed by atoms with Crippen LogP contribution in [0, 0.1) is 0 Å². The van der Waals surface area contributed by atoms with Crippen LogP contribution < -0.4 is 37.1 Å². The second-order valence-corrected chi connectivity index (χ2v) is 24.4. The molecule has 2 saturated heterocycles. The highest BCUT2D eigenvalue weighted by molar-refractivity contribution is 8.24. The average molecular weight is 1090 g/mol. The standard InChI is InChI=1S/C20H27FN4O6P2.C13H19FN4O4.C10H13ClNO4P/c1-12(13(2)26)24-33(29,32-14-7-5-4-6-8-14)30-11-15-17(27)20(3,21)18(31-15)25-10-9-16(22)23-19(25)28;1-13(14)10(20)8(6-19)22-11(13)18-5-4-9(16-12(18)21)15-7-17(2)3;1-8(10(14)7-13)12-17(11,15)16-9-5-3-2-4-6-9/h4-10,12,15,17-18,27,32H,11H2,1-3H3,(H,24,29)(H2,22,23,28);4-5,7-8,10-11,19-20H,6H2,1-3H3;2-6,8,13H,7H2,1H3,(H,12,15)/t12-,15+,17+,18+,20+,33?;8-,10-,11-,13-;8-,17?/m010/s1. The van der Waals surface area contributed by atoms with Gasteiger partial charge in [-0.2, -0.15) is 9.97 Å². The molecule has 0 amide bonds. The second-order valence-electron chi connectivity index (χ2n) is 16.8. The van der Waals surface area contributed by atoms with Gasteiger partial charge in [0.1, 0.15) is 48.4 Å². The molecule has 23 nitrogen and oxygen atoms in total. The van der Waals surface area contributed by atoms with Crippen LogP contribution in [0.2, 0.25) is 0 Å². The van der Waals surface area contributed by atoms with Crippen molar-refractivity contribution in [3.8, 4) is 5.75 Å². The second kappa shape index (κ2) is 26.0. The van der Waals surface area contributed by atoms with Gasteiger partial charge in [0.25, 0.3) is 7.21 Å². The number of hydrogen-bond donors (Lipinski definition) is 7. The van der Waals surface area contributed by atoms with Gasteiger partial charge in [0, 0.05) is 46.0 Å². The lowest BCUT2D eigenvalue weighted by molar-refractivity contribution is -0.123. The Kier molecular flexibility index (Phi) is 21.6. The van der Waals surface area contributed by atoms with Crippen LogP contribution in [0.1, 0.15) is 47.1 Å². The van der Waals surface area contributed by atoms with E-state index in [2.05, 4.69) is 25.1 Å². The van der Waals surface area contributed by atoms with Crippen molar-refractivity contribution in [2.45, 2.75) is 94.9 Å². The lowest BCUT2D eigenvalue weighted by Gasteiger charge is -2.25. The largest absolute Gasteiger partial charge is 0.422 e. The Morgan fingerprint density at radius 2 is 1.43 bits per heavy atom. The van der Waals surface area contributed by atoms with E-state index in [-0.39, 0.29) is 25.7 Å². The molecule has 8 N–H and O–H groups in total. The molecular weight excluding hydrogens is 1030 g/mol. The lowest BCUT2D eigenvalue weighted by Crippen LogP contribution is -2.43. The number of carbonyl (C=O) groups is 2. The van der Waals surface area contributed by atoms with E-state index < -0.39 is 111 Å². The molecule has 0 radical (unpaired) electrons. The van der Waals surface area contributed by atoms with Crippen LogP contribution >= 0.6 is 33.6 Å². The molecule has 396 valence electrons. The molecule has 0 saturated carbocycles. The summed E-state index contributed by atoms with van der Waals surface area (Å²) >= 11 is 5.66. The summed E-state index contributed by atoms with van der Waals surface area (Å²) in [6, 6.07) is 18.4. The number of ketones is 2. The van der Waals surface area contributed by atoms with Crippen molar-refractivity contribution < 1.29 is 66.4 Å². The number of hydrogen-bond acceptors (Lipinski definition) is 18. The van der Waals surface area contributed by atoms with Crippen LogP contribution in [-0.2, 0) is 32.7 Å². The van der Waals surface area contributed by atoms with E-state index in [4.69, 9.17) is 45.7 Å². The molecule has 0 aliphatic carbocycles. The van der Waals surface area contributed by atoms with Crippen molar-refractivity contribution in [2.75, 3.05) is 39.6 Å². The quantitative estimate of drug-likeness (QED) is 0.0403. The molecular formula is C43H59ClF2N9O14P3. The number of nitrogens with one attached hydrogen (secondary N) is 2. The van der Waals surface area contributed by atoms with Gasteiger partial charge in [-0.1, -0.05) is 48.5 Å². The number of nitrogens with zero attached hydrogens (tertiary/aromatic N) is 6. The first-order valence-electron chi connectivity index (χ1n) is 21.8. The van der Waals surface area contributed by atoms with E-state index in [9.17, 15) is 42.9 Å². The predicted octanol–water partition coefficient (Wildman–Crippen LogP) is 2.90. The van der Waals surface area contributed by atoms with Crippen molar-refractivity contribution in [3.63, 3.8) is 0 Å². The number of aliphatic imine (C=N–C) groups is 1. The topological polar surface area (TPSA) is 322 Å². The molecule has 13 atom stereocenters. The van der Waals surface area contributed by atoms with Crippen molar-refractivity contribution in [1.29, 1.82) is 0 Å². The van der Waals surface area contributed by atoms with Crippen LogP contribution in [0.3, 0.4) is 0 Å². The fraction of sp³-hybridized carbons (Fsp3) is 0.465. The number of alkyl halides is 2. The fourth-order valence-corrected chi connectivity index (χ4v) is 12.9. The number of nitrogens with two attached hydrogens (primary N) is 1. The number of aliphatic hydroxyl groups is 4. The molecule has 2 aliphatic heterocycles. The number of rotatable bonds is 19. The van der Waals surface area contributed by atoms with Crippen LogP contribution in [-0.4, -0.2) is 144 Å². The average Bonchev–Trinajstić information content (AvgIpc) is 3.68. The first-order chi connectivity index (χ1) is 33.6. The van der Waals surface area contributed by atoms with Gasteiger partial charge in [-0.15, -0.1) is 0 Å². The van der Waals surface area contributed by atoms with Crippen molar-refractivity contribution in [3.05, 3.63) is 106 Å². The number of ether oxygens (including phenoxy) is 2. The monoisotopic (exact) mass is 1090 g/mol. The molecule has 4 heterocycles. The SMILES string of the molecule is CC(=O)[C@H](C)NP(=O)(OC[C@H]1O[C@@H](n2ccc(N)nc2=O)[C@](C)(F)[C@@H]1O)Pc1ccccc1.CN(C)C=Nc1ccn([C@@H]2O[C@H](CO)[C@@H](O)[C@@]2(C)F)c(=O)n1.C[C@H](NP(=O)(Cl)Oc1ccccc1)C(=O)CO. The van der Waals surface area contributed by atoms with Crippen LogP contribution in [0.5, 0.6) is 5.75 Å². The third-order valence-corrected chi connectivity index (χ3v) is 16.8. The summed E-state index contributed by atoms with van der Waals surface area (Å²) in [4.78, 5) is 59.9. The van der Waals surface area contributed by atoms with Gasteiger partial charge < -0.3 is 49.6 Å². The summed E-state index contributed by atoms with van der Waals surface area (Å²) < 4.78 is 78.8. The van der Waals surface area contributed by atoms with Gasteiger partial charge in [-0.25, -0.2) is 38.1 Å². The fourth-order valence-electron chi connectivity index (χ4n) is 6.54. The van der Waals surface area contributed by atoms with Gasteiger partial charge in [0.05, 0.1) is 31.6 Å². The van der Waals surface area contributed by atoms with Gasteiger partial charge >= 0.3 is 18.3 Å². The van der Waals surface area contributed by atoms with Crippen molar-refractivity contribution in [2.24, 2.45) is 4.99 Å². The summed E-state index contributed by atoms with van der Waals surface area (Å²) in [6.07, 6.45) is -4.44. The third kappa shape index (κ3) is 16.4. The van der Waals surface area contributed by atoms with Crippen LogP contribution in [0.15, 0.2) is 99.8 Å². The molecule has 2 aromatic carbocycles. The molecule has 0 spiro atoms. The summed E-state index contributed by atoms with van der Waals surface area (Å²) in [5.41, 5.74) is -0.722. The number of anilines is 1. The molecule has 29 heteroatoms. The normalized spacial score (nSPS) is 26.4. The Balaban J connectivity index is 0.000000250.